The molecule has 0 aromatic rings. The van der Waals surface area contributed by atoms with Crippen LogP contribution in [0.4, 0.5) is 0 Å². The van der Waals surface area contributed by atoms with Crippen LogP contribution in [-0.4, -0.2) is 39.8 Å². The maximum Gasteiger partial charge on any atom is 0.158 e. The van der Waals surface area contributed by atoms with Gasteiger partial charge in [0.15, 0.2) is 6.29 Å². The quantitative estimate of drug-likeness (QED) is 0.318. The Morgan fingerprint density at radius 3 is 2.81 bits per heavy atom. The Morgan fingerprint density at radius 2 is 2.29 bits per heavy atom. The average molecular weight is 319 g/mol. The molecule has 1 aliphatic heterocycles. The van der Waals surface area contributed by atoms with E-state index >= 15 is 0 Å². The van der Waals surface area contributed by atoms with E-state index in [0.717, 1.165) is 19.3 Å². The Morgan fingerprint density at radius 1 is 1.57 bits per heavy atom. The van der Waals surface area contributed by atoms with Gasteiger partial charge in [0, 0.05) is 22.2 Å². The lowest BCUT2D eigenvalue weighted by molar-refractivity contribution is -0.214. The fourth-order valence-corrected chi connectivity index (χ4v) is 3.02. The molecular weight excluding hydrogens is 296 g/mol. The second-order valence-electron chi connectivity index (χ2n) is 5.52. The zero-order valence-corrected chi connectivity index (χ0v) is 13.4. The number of rotatable bonds is 8. The third-order valence-electron chi connectivity index (χ3n) is 3.44. The van der Waals surface area contributed by atoms with Crippen LogP contribution in [0.5, 0.6) is 0 Å². The molecule has 1 saturated heterocycles. The highest BCUT2D eigenvalue weighted by Crippen LogP contribution is 2.23. The first-order valence-electron chi connectivity index (χ1n) is 7.11. The summed E-state index contributed by atoms with van der Waals surface area (Å²) >= 11 is -2.41. The fourth-order valence-electron chi connectivity index (χ4n) is 2.37. The summed E-state index contributed by atoms with van der Waals surface area (Å²) in [5.41, 5.74) is 8.49. The highest BCUT2D eigenvalue weighted by atomic mass is 32.2. The lowest BCUT2D eigenvalue weighted by Crippen LogP contribution is -2.49. The topological polar surface area (TPSA) is 119 Å². The zero-order chi connectivity index (χ0) is 15.8. The van der Waals surface area contributed by atoms with Crippen LogP contribution in [0.25, 0.3) is 10.4 Å². The third kappa shape index (κ3) is 6.73. The zero-order valence-electron chi connectivity index (χ0n) is 12.6. The van der Waals surface area contributed by atoms with E-state index in [9.17, 15) is 8.76 Å². The van der Waals surface area contributed by atoms with E-state index in [-0.39, 0.29) is 18.6 Å². The Balaban J connectivity index is 2.75. The maximum atomic E-state index is 10.9. The molecule has 0 aromatic carbocycles. The monoisotopic (exact) mass is 319 g/mol. The van der Waals surface area contributed by atoms with Crippen molar-refractivity contribution in [1.82, 2.24) is 4.72 Å². The summed E-state index contributed by atoms with van der Waals surface area (Å²) in [5, 5.41) is 3.53. The summed E-state index contributed by atoms with van der Waals surface area (Å²) in [7, 11) is 0. The first-order valence-corrected chi connectivity index (χ1v) is 8.18. The summed E-state index contributed by atoms with van der Waals surface area (Å²) < 4.78 is 35.9. The van der Waals surface area contributed by atoms with Gasteiger partial charge in [-0.1, -0.05) is 19.0 Å². The summed E-state index contributed by atoms with van der Waals surface area (Å²) in [6.45, 7) is 5.78. The second-order valence-corrected chi connectivity index (χ2v) is 6.22. The van der Waals surface area contributed by atoms with Gasteiger partial charge in [0.25, 0.3) is 0 Å². The molecule has 1 N–H and O–H groups in total. The van der Waals surface area contributed by atoms with E-state index in [1.165, 1.54) is 0 Å². The first-order chi connectivity index (χ1) is 9.93. The molecule has 1 fully saturated rings. The number of ether oxygens (including phenoxy) is 2. The maximum absolute atomic E-state index is 10.9. The Bertz CT molecular complexity index is 389. The largest absolute Gasteiger partial charge is 0.760 e. The van der Waals surface area contributed by atoms with E-state index < -0.39 is 29.7 Å². The van der Waals surface area contributed by atoms with Crippen molar-refractivity contribution < 1.29 is 18.2 Å². The molecule has 1 heterocycles. The predicted octanol–water partition coefficient (Wildman–Crippen LogP) is 2.01. The van der Waals surface area contributed by atoms with Gasteiger partial charge < -0.3 is 14.0 Å². The minimum Gasteiger partial charge on any atom is -0.760 e. The average Bonchev–Trinajstić information content (AvgIpc) is 2.40. The van der Waals surface area contributed by atoms with E-state index in [2.05, 4.69) is 14.7 Å². The molecule has 0 amide bonds. The molecule has 9 heteroatoms. The lowest BCUT2D eigenvalue weighted by Gasteiger charge is -2.36. The fraction of sp³-hybridized carbons (Fsp3) is 1.00. The van der Waals surface area contributed by atoms with Crippen LogP contribution < -0.4 is 4.72 Å². The van der Waals surface area contributed by atoms with Crippen LogP contribution in [0.3, 0.4) is 0 Å². The van der Waals surface area contributed by atoms with Gasteiger partial charge in [0.2, 0.25) is 0 Å². The van der Waals surface area contributed by atoms with Gasteiger partial charge in [-0.25, -0.2) is 4.72 Å². The van der Waals surface area contributed by atoms with Crippen molar-refractivity contribution in [2.75, 3.05) is 6.54 Å². The Hall–Kier alpha value is -0.700. The Kier molecular flexibility index (Phi) is 8.16. The predicted molar refractivity (Wildman–Crippen MR) is 77.8 cm³/mol. The summed E-state index contributed by atoms with van der Waals surface area (Å²) in [6.07, 6.45) is 1.89. The molecule has 122 valence electrons. The highest BCUT2D eigenvalue weighted by Gasteiger charge is 2.30. The molecule has 1 aliphatic rings. The molecule has 21 heavy (non-hydrogen) atoms. The van der Waals surface area contributed by atoms with Crippen molar-refractivity contribution in [3.63, 3.8) is 0 Å². The molecular formula is C12H23N4O4S-. The standard InChI is InChI=1S/C12H24N4O4S/c1-8(2)12(15-21(17)18)10(7-14-16-13)20-11-6-4-5-9(3)19-11/h8-12,15H,4-7H2,1-3H3,(H,17,18)/p-1/t9?,10?,11?,12-/m0/s1. The minimum atomic E-state index is -2.41. The first kappa shape index (κ1) is 18.3. The van der Waals surface area contributed by atoms with Crippen LogP contribution in [0, 0.1) is 5.92 Å². The molecule has 0 bridgehead atoms. The smallest absolute Gasteiger partial charge is 0.158 e. The SMILES string of the molecule is CC1CCCC(OC(CN=[N+]=[N-])[C@@H](NS(=O)[O-])C(C)C)O1. The molecule has 4 unspecified atom stereocenters. The normalized spacial score (nSPS) is 26.9. The van der Waals surface area contributed by atoms with Gasteiger partial charge >= 0.3 is 0 Å². The minimum absolute atomic E-state index is 0.0113. The van der Waals surface area contributed by atoms with Gasteiger partial charge in [-0.2, -0.15) is 0 Å². The van der Waals surface area contributed by atoms with Gasteiger partial charge in [0.05, 0.1) is 18.8 Å². The summed E-state index contributed by atoms with van der Waals surface area (Å²) in [4.78, 5) is 2.73. The van der Waals surface area contributed by atoms with Crippen molar-refractivity contribution in [3.8, 4) is 0 Å². The van der Waals surface area contributed by atoms with E-state index in [1.807, 2.05) is 20.8 Å². The molecule has 0 aromatic heterocycles. The van der Waals surface area contributed by atoms with Gasteiger partial charge in [-0.3, -0.25) is 4.21 Å². The van der Waals surface area contributed by atoms with Crippen molar-refractivity contribution in [3.05, 3.63) is 10.4 Å². The molecule has 0 aliphatic carbocycles. The van der Waals surface area contributed by atoms with Crippen LogP contribution in [0.2, 0.25) is 0 Å². The Labute approximate surface area is 127 Å². The molecule has 5 atom stereocenters. The number of hydrogen-bond acceptors (Lipinski definition) is 5. The van der Waals surface area contributed by atoms with Crippen molar-refractivity contribution in [2.24, 2.45) is 11.0 Å². The molecule has 8 nitrogen and oxygen atoms in total. The molecule has 1 rings (SSSR count). The van der Waals surface area contributed by atoms with E-state index in [4.69, 9.17) is 15.0 Å². The van der Waals surface area contributed by atoms with Crippen LogP contribution in [-0.2, 0) is 20.7 Å². The van der Waals surface area contributed by atoms with Gasteiger partial charge in [-0.05, 0) is 37.6 Å². The van der Waals surface area contributed by atoms with Crippen molar-refractivity contribution in [1.29, 1.82) is 0 Å². The van der Waals surface area contributed by atoms with Crippen LogP contribution >= 0.6 is 0 Å². The molecule has 0 saturated carbocycles. The summed E-state index contributed by atoms with van der Waals surface area (Å²) in [5.74, 6) is -0.0113. The van der Waals surface area contributed by atoms with Crippen molar-refractivity contribution in [2.45, 2.75) is 64.6 Å². The van der Waals surface area contributed by atoms with E-state index in [1.54, 1.807) is 0 Å². The van der Waals surface area contributed by atoms with Crippen LogP contribution in [0.15, 0.2) is 5.11 Å². The van der Waals surface area contributed by atoms with Crippen molar-refractivity contribution >= 4 is 11.3 Å². The number of nitrogens with one attached hydrogen (secondary N) is 1. The molecule has 0 spiro atoms. The number of hydrogen-bond donors (Lipinski definition) is 1. The molecule has 0 radical (unpaired) electrons. The number of nitrogens with zero attached hydrogens (tertiary/aromatic N) is 3. The third-order valence-corrected chi connectivity index (χ3v) is 3.90. The van der Waals surface area contributed by atoms with E-state index in [0.29, 0.717) is 0 Å². The summed E-state index contributed by atoms with van der Waals surface area (Å²) in [6, 6.07) is -0.477. The lowest BCUT2D eigenvalue weighted by atomic mass is 9.99. The van der Waals surface area contributed by atoms with Gasteiger partial charge in [0.1, 0.15) is 0 Å². The van der Waals surface area contributed by atoms with Gasteiger partial charge in [-0.15, -0.1) is 0 Å². The highest BCUT2D eigenvalue weighted by molar-refractivity contribution is 7.77. The number of azide groups is 1. The second kappa shape index (κ2) is 9.34. The van der Waals surface area contributed by atoms with Crippen LogP contribution in [0.1, 0.15) is 40.0 Å².